The third kappa shape index (κ3) is 2.66. The molecule has 2 fully saturated rings. The fourth-order valence-corrected chi connectivity index (χ4v) is 3.39. The number of hydrogen-bond donors (Lipinski definition) is 1. The quantitative estimate of drug-likeness (QED) is 0.894. The van der Waals surface area contributed by atoms with Gasteiger partial charge < -0.3 is 5.32 Å². The predicted octanol–water partition coefficient (Wildman–Crippen LogP) is 3.02. The molecule has 0 spiro atoms. The van der Waals surface area contributed by atoms with E-state index in [1.54, 1.807) is 0 Å². The highest BCUT2D eigenvalue weighted by molar-refractivity contribution is 5.16. The van der Waals surface area contributed by atoms with E-state index >= 15 is 0 Å². The molecule has 19 heavy (non-hydrogen) atoms. The SMILES string of the molecule is Cc1cc(C2CCNCC2)n(C2CCC(F)(F)C2)n1. The molecule has 0 bridgehead atoms. The Morgan fingerprint density at radius 3 is 2.68 bits per heavy atom. The van der Waals surface area contributed by atoms with Crippen LogP contribution in [0.1, 0.15) is 55.5 Å². The maximum atomic E-state index is 13.4. The lowest BCUT2D eigenvalue weighted by Gasteiger charge is -2.25. The first-order valence-corrected chi connectivity index (χ1v) is 7.20. The number of hydrogen-bond acceptors (Lipinski definition) is 2. The Morgan fingerprint density at radius 1 is 1.32 bits per heavy atom. The summed E-state index contributed by atoms with van der Waals surface area (Å²) < 4.78 is 28.7. The van der Waals surface area contributed by atoms with E-state index in [9.17, 15) is 8.78 Å². The third-order valence-corrected chi connectivity index (χ3v) is 4.37. The highest BCUT2D eigenvalue weighted by Gasteiger charge is 2.41. The maximum Gasteiger partial charge on any atom is 0.250 e. The van der Waals surface area contributed by atoms with Gasteiger partial charge in [0.1, 0.15) is 0 Å². The standard InChI is InChI=1S/C14H21F2N3/c1-10-8-13(11-3-6-17-7-4-11)19(18-10)12-2-5-14(15,16)9-12/h8,11-12,17H,2-7,9H2,1H3. The summed E-state index contributed by atoms with van der Waals surface area (Å²) in [4.78, 5) is 0. The van der Waals surface area contributed by atoms with Crippen molar-refractivity contribution in [2.24, 2.45) is 0 Å². The van der Waals surface area contributed by atoms with Crippen molar-refractivity contribution < 1.29 is 8.78 Å². The van der Waals surface area contributed by atoms with E-state index in [-0.39, 0.29) is 18.9 Å². The first-order valence-electron chi connectivity index (χ1n) is 7.20. The summed E-state index contributed by atoms with van der Waals surface area (Å²) in [5, 5.41) is 7.84. The molecule has 5 heteroatoms. The van der Waals surface area contributed by atoms with Crippen LogP contribution in [0.4, 0.5) is 8.78 Å². The molecule has 2 aliphatic rings. The number of alkyl halides is 2. The number of aromatic nitrogens is 2. The van der Waals surface area contributed by atoms with Crippen LogP contribution in [0.2, 0.25) is 0 Å². The molecule has 1 aromatic heterocycles. The molecule has 1 atom stereocenters. The van der Waals surface area contributed by atoms with E-state index in [2.05, 4.69) is 16.5 Å². The van der Waals surface area contributed by atoms with Crippen LogP contribution in [-0.4, -0.2) is 28.8 Å². The number of rotatable bonds is 2. The normalized spacial score (nSPS) is 27.8. The van der Waals surface area contributed by atoms with Gasteiger partial charge in [0.25, 0.3) is 0 Å². The second-order valence-electron chi connectivity index (χ2n) is 5.93. The van der Waals surface area contributed by atoms with E-state index in [1.165, 1.54) is 5.69 Å². The summed E-state index contributed by atoms with van der Waals surface area (Å²) in [6.45, 7) is 3.97. The molecule has 1 aliphatic heterocycles. The highest BCUT2D eigenvalue weighted by atomic mass is 19.3. The average molecular weight is 269 g/mol. The van der Waals surface area contributed by atoms with Gasteiger partial charge in [0.15, 0.2) is 0 Å². The molecule has 3 rings (SSSR count). The summed E-state index contributed by atoms with van der Waals surface area (Å²) in [6.07, 6.45) is 2.66. The highest BCUT2D eigenvalue weighted by Crippen LogP contribution is 2.43. The zero-order chi connectivity index (χ0) is 13.5. The van der Waals surface area contributed by atoms with Gasteiger partial charge in [-0.15, -0.1) is 0 Å². The van der Waals surface area contributed by atoms with Gasteiger partial charge in [-0.2, -0.15) is 5.10 Å². The van der Waals surface area contributed by atoms with Gasteiger partial charge in [-0.1, -0.05) is 0 Å². The molecule has 1 N–H and O–H groups in total. The second-order valence-corrected chi connectivity index (χ2v) is 5.93. The molecular formula is C14H21F2N3. The third-order valence-electron chi connectivity index (χ3n) is 4.37. The zero-order valence-corrected chi connectivity index (χ0v) is 11.3. The number of halogens is 2. The lowest BCUT2D eigenvalue weighted by atomic mass is 9.94. The molecule has 3 nitrogen and oxygen atoms in total. The Hall–Kier alpha value is -0.970. The van der Waals surface area contributed by atoms with Crippen LogP contribution in [0, 0.1) is 6.92 Å². The summed E-state index contributed by atoms with van der Waals surface area (Å²) >= 11 is 0. The van der Waals surface area contributed by atoms with Crippen molar-refractivity contribution in [2.75, 3.05) is 13.1 Å². The van der Waals surface area contributed by atoms with Crippen LogP contribution >= 0.6 is 0 Å². The largest absolute Gasteiger partial charge is 0.317 e. The Kier molecular flexibility index (Phi) is 3.33. The van der Waals surface area contributed by atoms with Crippen LogP contribution in [0.5, 0.6) is 0 Å². The fourth-order valence-electron chi connectivity index (χ4n) is 3.39. The molecular weight excluding hydrogens is 248 g/mol. The van der Waals surface area contributed by atoms with E-state index < -0.39 is 5.92 Å². The molecule has 1 aromatic rings. The van der Waals surface area contributed by atoms with Gasteiger partial charge in [-0.3, -0.25) is 4.68 Å². The molecule has 106 valence electrons. The van der Waals surface area contributed by atoms with E-state index in [1.807, 2.05) is 11.6 Å². The molecule has 0 aromatic carbocycles. The van der Waals surface area contributed by atoms with E-state index in [4.69, 9.17) is 0 Å². The van der Waals surface area contributed by atoms with Crippen molar-refractivity contribution >= 4 is 0 Å². The maximum absolute atomic E-state index is 13.4. The van der Waals surface area contributed by atoms with E-state index in [0.29, 0.717) is 12.3 Å². The number of nitrogens with zero attached hydrogens (tertiary/aromatic N) is 2. The summed E-state index contributed by atoms with van der Waals surface area (Å²) in [5.41, 5.74) is 2.12. The van der Waals surface area contributed by atoms with Crippen LogP contribution in [0.3, 0.4) is 0 Å². The van der Waals surface area contributed by atoms with Crippen LogP contribution in [0.15, 0.2) is 6.07 Å². The van der Waals surface area contributed by atoms with Crippen molar-refractivity contribution in [1.29, 1.82) is 0 Å². The Balaban J connectivity index is 1.85. The average Bonchev–Trinajstić information content (AvgIpc) is 2.93. The van der Waals surface area contributed by atoms with Crippen molar-refractivity contribution in [3.8, 4) is 0 Å². The monoisotopic (exact) mass is 269 g/mol. The van der Waals surface area contributed by atoms with Crippen LogP contribution in [-0.2, 0) is 0 Å². The minimum absolute atomic E-state index is 0.00222. The Labute approximate surface area is 112 Å². The summed E-state index contributed by atoms with van der Waals surface area (Å²) in [6, 6.07) is 1.97. The minimum atomic E-state index is -2.50. The van der Waals surface area contributed by atoms with Crippen LogP contribution < -0.4 is 5.32 Å². The van der Waals surface area contributed by atoms with Crippen molar-refractivity contribution in [1.82, 2.24) is 15.1 Å². The zero-order valence-electron chi connectivity index (χ0n) is 11.3. The fraction of sp³-hybridized carbons (Fsp3) is 0.786. The Morgan fingerprint density at radius 2 is 2.05 bits per heavy atom. The lowest BCUT2D eigenvalue weighted by Crippen LogP contribution is -2.28. The topological polar surface area (TPSA) is 29.9 Å². The molecule has 1 saturated carbocycles. The number of nitrogens with one attached hydrogen (secondary N) is 1. The number of piperidine rings is 1. The number of aryl methyl sites for hydroxylation is 1. The van der Waals surface area contributed by atoms with Gasteiger partial charge in [-0.05, 0) is 45.3 Å². The molecule has 1 unspecified atom stereocenters. The minimum Gasteiger partial charge on any atom is -0.317 e. The molecule has 0 radical (unpaired) electrons. The predicted molar refractivity (Wildman–Crippen MR) is 69.6 cm³/mol. The van der Waals surface area contributed by atoms with E-state index in [0.717, 1.165) is 31.6 Å². The molecule has 2 heterocycles. The first kappa shape index (κ1) is 13.0. The van der Waals surface area contributed by atoms with Gasteiger partial charge in [0, 0.05) is 24.5 Å². The summed E-state index contributed by atoms with van der Waals surface area (Å²) in [5.74, 6) is -2.03. The molecule has 1 saturated heterocycles. The first-order chi connectivity index (χ1) is 9.05. The molecule has 0 amide bonds. The summed E-state index contributed by atoms with van der Waals surface area (Å²) in [7, 11) is 0. The van der Waals surface area contributed by atoms with Gasteiger partial charge >= 0.3 is 0 Å². The second kappa shape index (κ2) is 4.85. The lowest BCUT2D eigenvalue weighted by molar-refractivity contribution is 0.00501. The smallest absolute Gasteiger partial charge is 0.250 e. The molecule has 1 aliphatic carbocycles. The Bertz CT molecular complexity index is 450. The van der Waals surface area contributed by atoms with Gasteiger partial charge in [0.05, 0.1) is 11.7 Å². The van der Waals surface area contributed by atoms with Gasteiger partial charge in [0.2, 0.25) is 5.92 Å². The van der Waals surface area contributed by atoms with Gasteiger partial charge in [-0.25, -0.2) is 8.78 Å². The van der Waals surface area contributed by atoms with Crippen molar-refractivity contribution in [3.63, 3.8) is 0 Å². The van der Waals surface area contributed by atoms with Crippen LogP contribution in [0.25, 0.3) is 0 Å². The van der Waals surface area contributed by atoms with Crippen molar-refractivity contribution in [2.45, 2.75) is 56.9 Å². The van der Waals surface area contributed by atoms with Crippen molar-refractivity contribution in [3.05, 3.63) is 17.5 Å².